The molecule has 0 aliphatic carbocycles. The van der Waals surface area contributed by atoms with Gasteiger partial charge in [0.25, 0.3) is 0 Å². The average Bonchev–Trinajstić information content (AvgIpc) is 3.40. The summed E-state index contributed by atoms with van der Waals surface area (Å²) in [4.78, 5) is 0. The van der Waals surface area contributed by atoms with Crippen molar-refractivity contribution in [2.24, 2.45) is 5.41 Å². The van der Waals surface area contributed by atoms with Gasteiger partial charge in [0.05, 0.1) is 0 Å². The van der Waals surface area contributed by atoms with E-state index in [0.717, 1.165) is 0 Å². The van der Waals surface area contributed by atoms with Crippen molar-refractivity contribution in [2.45, 2.75) is 80.1 Å². The number of fused-ring (bicyclic) bond motifs is 1. The van der Waals surface area contributed by atoms with Gasteiger partial charge < -0.3 is 0 Å². The van der Waals surface area contributed by atoms with Crippen molar-refractivity contribution in [3.8, 4) is 0 Å². The summed E-state index contributed by atoms with van der Waals surface area (Å²) < 4.78 is 0. The predicted molar refractivity (Wildman–Crippen MR) is 153 cm³/mol. The molecule has 0 fully saturated rings. The molecule has 0 unspecified atom stereocenters. The first-order chi connectivity index (χ1) is 16.0. The van der Waals surface area contributed by atoms with Crippen molar-refractivity contribution in [2.75, 3.05) is 0 Å². The number of allylic oxidation sites excluding steroid dienone is 3. The van der Waals surface area contributed by atoms with Gasteiger partial charge in [-0.25, -0.2) is 6.07 Å². The summed E-state index contributed by atoms with van der Waals surface area (Å²) in [6.07, 6.45) is 10.5. The number of unbranched alkanes of at least 4 members (excludes halogenated alkanes) is 1. The number of rotatable bonds is 5. The molecule has 3 aromatic carbocycles. The normalized spacial score (nSPS) is 12.1. The number of aryl methyl sites for hydroxylation is 1. The fourth-order valence-corrected chi connectivity index (χ4v) is 3.62. The summed E-state index contributed by atoms with van der Waals surface area (Å²) in [6.45, 7) is 17.9. The molecule has 0 saturated heterocycles. The van der Waals surface area contributed by atoms with Gasteiger partial charge >= 0.3 is 37.9 Å². The van der Waals surface area contributed by atoms with Crippen LogP contribution < -0.4 is 0 Å². The molecule has 0 amide bonds. The monoisotopic (exact) mass is 574 g/mol. The molecule has 0 bridgehead atoms. The van der Waals surface area contributed by atoms with E-state index in [0.29, 0.717) is 0 Å². The zero-order valence-corrected chi connectivity index (χ0v) is 26.3. The Hall–Kier alpha value is -0.877. The third-order valence-electron chi connectivity index (χ3n) is 5.68. The summed E-state index contributed by atoms with van der Waals surface area (Å²) >= 11 is -0.826. The van der Waals surface area contributed by atoms with Crippen LogP contribution in [0.1, 0.15) is 84.9 Å². The maximum atomic E-state index is 4.93. The molecule has 184 valence electrons. The minimum atomic E-state index is -0.826. The Morgan fingerprint density at radius 3 is 2.21 bits per heavy atom. The molecule has 0 heterocycles. The Kier molecular flexibility index (Phi) is 14.0. The van der Waals surface area contributed by atoms with E-state index in [4.69, 9.17) is 17.0 Å². The molecule has 0 saturated carbocycles. The van der Waals surface area contributed by atoms with Gasteiger partial charge in [-0.2, -0.15) is 23.8 Å². The Morgan fingerprint density at radius 2 is 1.71 bits per heavy atom. The second kappa shape index (κ2) is 15.3. The molecule has 0 nitrogen and oxygen atoms in total. The SMILES string of the molecule is C/C=C\C(=C/c1cc2ccc(C(C)(C)C)cc2[cH-]1)C(C)(C)C.CCCCc1cc[cH-]c1.[Cl][Zr+2][Cl]. The van der Waals surface area contributed by atoms with Crippen LogP contribution in [-0.4, -0.2) is 0 Å². The maximum absolute atomic E-state index is 4.93. The first-order valence-corrected chi connectivity index (χ1v) is 18.5. The van der Waals surface area contributed by atoms with Crippen molar-refractivity contribution in [1.29, 1.82) is 0 Å². The van der Waals surface area contributed by atoms with E-state index in [1.807, 2.05) is 0 Å². The fraction of sp³-hybridized carbons (Fsp3) is 0.419. The summed E-state index contributed by atoms with van der Waals surface area (Å²) in [6, 6.07) is 20.0. The van der Waals surface area contributed by atoms with Crippen LogP contribution in [0.4, 0.5) is 0 Å². The number of hydrogen-bond donors (Lipinski definition) is 0. The summed E-state index contributed by atoms with van der Waals surface area (Å²) in [5.74, 6) is 0. The molecular weight excluding hydrogens is 534 g/mol. The van der Waals surface area contributed by atoms with Crippen LogP contribution in [0.2, 0.25) is 0 Å². The number of benzene rings is 1. The van der Waals surface area contributed by atoms with Crippen molar-refractivity contribution >= 4 is 33.9 Å². The van der Waals surface area contributed by atoms with Crippen molar-refractivity contribution in [3.63, 3.8) is 0 Å². The minimum absolute atomic E-state index is 0.159. The first kappa shape index (κ1) is 31.2. The molecule has 3 aromatic rings. The number of halogens is 2. The molecule has 0 aliphatic heterocycles. The van der Waals surface area contributed by atoms with E-state index in [9.17, 15) is 0 Å². The van der Waals surface area contributed by atoms with E-state index in [1.54, 1.807) is 0 Å². The zero-order chi connectivity index (χ0) is 25.8. The van der Waals surface area contributed by atoms with Crippen molar-refractivity contribution < 1.29 is 20.8 Å². The Balaban J connectivity index is 0.000000398. The van der Waals surface area contributed by atoms with Crippen molar-refractivity contribution in [1.82, 2.24) is 0 Å². The third-order valence-corrected chi connectivity index (χ3v) is 5.68. The summed E-state index contributed by atoms with van der Waals surface area (Å²) in [7, 11) is 9.87. The van der Waals surface area contributed by atoms with Gasteiger partial charge in [0.2, 0.25) is 0 Å². The molecule has 34 heavy (non-hydrogen) atoms. The quantitative estimate of drug-likeness (QED) is 0.209. The van der Waals surface area contributed by atoms with Crippen molar-refractivity contribution in [3.05, 3.63) is 89.0 Å². The molecule has 0 N–H and O–H groups in total. The van der Waals surface area contributed by atoms with E-state index >= 15 is 0 Å². The van der Waals surface area contributed by atoms with Gasteiger partial charge in [0, 0.05) is 0 Å². The summed E-state index contributed by atoms with van der Waals surface area (Å²) in [5, 5.41) is 2.67. The predicted octanol–water partition coefficient (Wildman–Crippen LogP) is 11.0. The number of hydrogen-bond acceptors (Lipinski definition) is 0. The van der Waals surface area contributed by atoms with Crippen LogP contribution in [0, 0.1) is 5.41 Å². The van der Waals surface area contributed by atoms with E-state index in [-0.39, 0.29) is 10.8 Å². The van der Waals surface area contributed by atoms with Gasteiger partial charge in [-0.15, -0.1) is 40.6 Å². The van der Waals surface area contributed by atoms with E-state index in [2.05, 4.69) is 128 Å². The molecule has 0 spiro atoms. The van der Waals surface area contributed by atoms with Gasteiger partial charge in [-0.1, -0.05) is 103 Å². The van der Waals surface area contributed by atoms with Crippen LogP contribution >= 0.6 is 17.0 Å². The summed E-state index contributed by atoms with van der Waals surface area (Å²) in [5.41, 5.74) is 5.89. The second-order valence-corrected chi connectivity index (χ2v) is 14.4. The van der Waals surface area contributed by atoms with Gasteiger partial charge in [-0.05, 0) is 17.8 Å². The van der Waals surface area contributed by atoms with Gasteiger partial charge in [0.15, 0.2) is 0 Å². The molecule has 0 radical (unpaired) electrons. The second-order valence-electron chi connectivity index (χ2n) is 10.7. The first-order valence-electron chi connectivity index (χ1n) is 12.2. The topological polar surface area (TPSA) is 0 Å². The van der Waals surface area contributed by atoms with Crippen LogP contribution in [0.3, 0.4) is 0 Å². The fourth-order valence-electron chi connectivity index (χ4n) is 3.62. The van der Waals surface area contributed by atoms with Gasteiger partial charge in [0.1, 0.15) is 0 Å². The standard InChI is InChI=1S/C22H29.C9H13.2ClH.Zr/c1-8-9-19(21(2,3)4)14-16-12-17-10-11-20(22(5,6)7)15-18(17)13-16;1-2-3-6-9-7-4-5-8-9;;;/h8-15H,1-7H3;4-5,7-8H,2-3,6H2,1H3;2*1H;/q2*-1;;;+4/p-2/b9-8-,19-14+;;;;. The molecule has 0 aliphatic rings. The van der Waals surface area contributed by atoms with Crippen LogP contribution in [0.15, 0.2) is 72.3 Å². The average molecular weight is 577 g/mol. The molecule has 3 rings (SSSR count). The molecule has 0 atom stereocenters. The molecular formula is C31H42Cl2Zr. The molecule has 3 heteroatoms. The van der Waals surface area contributed by atoms with Crippen LogP contribution in [0.5, 0.6) is 0 Å². The Bertz CT molecular complexity index is 1010. The van der Waals surface area contributed by atoms with E-state index in [1.165, 1.54) is 52.3 Å². The van der Waals surface area contributed by atoms with E-state index < -0.39 is 20.8 Å². The molecule has 0 aromatic heterocycles. The Labute approximate surface area is 227 Å². The Morgan fingerprint density at radius 1 is 1.03 bits per heavy atom. The third kappa shape index (κ3) is 11.2. The van der Waals surface area contributed by atoms with Gasteiger partial charge in [-0.3, -0.25) is 0 Å². The van der Waals surface area contributed by atoms with Crippen LogP contribution in [0.25, 0.3) is 16.8 Å². The van der Waals surface area contributed by atoms with Crippen LogP contribution in [-0.2, 0) is 32.7 Å². The zero-order valence-electron chi connectivity index (χ0n) is 22.3.